The Balaban J connectivity index is 1.01. The van der Waals surface area contributed by atoms with Gasteiger partial charge in [-0.15, -0.1) is 11.8 Å². The molecule has 2 heterocycles. The van der Waals surface area contributed by atoms with Crippen molar-refractivity contribution < 1.29 is 42.9 Å². The molecule has 0 spiro atoms. The lowest BCUT2D eigenvalue weighted by atomic mass is 9.95. The third-order valence-corrected chi connectivity index (χ3v) is 9.39. The molecule has 2 N–H and O–H groups in total. The highest BCUT2D eigenvalue weighted by atomic mass is 32.2. The van der Waals surface area contributed by atoms with Gasteiger partial charge >= 0.3 is 0 Å². The first-order valence-electron chi connectivity index (χ1n) is 17.0. The van der Waals surface area contributed by atoms with E-state index in [1.807, 2.05) is 45.0 Å². The van der Waals surface area contributed by atoms with Crippen LogP contribution in [0.1, 0.15) is 68.9 Å². The van der Waals surface area contributed by atoms with Gasteiger partial charge in [0.25, 0.3) is 17.7 Å². The molecule has 13 nitrogen and oxygen atoms in total. The maximum absolute atomic E-state index is 13.2. The Labute approximate surface area is 302 Å². The van der Waals surface area contributed by atoms with Crippen LogP contribution in [-0.2, 0) is 28.5 Å². The van der Waals surface area contributed by atoms with Gasteiger partial charge in [-0.05, 0) is 68.2 Å². The summed E-state index contributed by atoms with van der Waals surface area (Å²) in [6, 6.07) is 9.70. The number of ether oxygens (including phenoxy) is 4. The molecule has 2 aromatic rings. The molecule has 0 radical (unpaired) electrons. The highest BCUT2D eigenvalue weighted by Gasteiger charge is 2.45. The fourth-order valence-corrected chi connectivity index (χ4v) is 6.59. The lowest BCUT2D eigenvalue weighted by Gasteiger charge is -2.27. The summed E-state index contributed by atoms with van der Waals surface area (Å²) in [5, 5.41) is 5.10. The van der Waals surface area contributed by atoms with Crippen LogP contribution in [0.5, 0.6) is 0 Å². The molecule has 4 rings (SSSR count). The molecule has 51 heavy (non-hydrogen) atoms. The number of allylic oxidation sites excluding steroid dienone is 2. The van der Waals surface area contributed by atoms with Crippen LogP contribution in [0.3, 0.4) is 0 Å². The standard InChI is InChI=1S/C37H46N4O9S/c1-5-27(25(3)38-4)29-23-26(10-9-24(29)2)34(43)39-13-14-47-15-16-48-17-18-49-19-20-50-21-22-51-31-8-6-7-28-33(31)37(46)41(36(28)45)30-11-12-32(42)40-35(30)44/h5-10,23,30H,11-22H2,1-4H3,(H,39,43)(H,40,42,44)/b27-5+,38-25?. The summed E-state index contributed by atoms with van der Waals surface area (Å²) in [5.41, 5.74) is 5.10. The van der Waals surface area contributed by atoms with Crippen LogP contribution in [0, 0.1) is 6.92 Å². The van der Waals surface area contributed by atoms with Crippen LogP contribution in [0.2, 0.25) is 0 Å². The number of piperidine rings is 1. The zero-order valence-electron chi connectivity index (χ0n) is 29.6. The third-order valence-electron chi connectivity index (χ3n) is 8.37. The first-order valence-corrected chi connectivity index (χ1v) is 17.9. The monoisotopic (exact) mass is 722 g/mol. The topological polar surface area (TPSA) is 162 Å². The number of aliphatic imine (C=N–C) groups is 1. The number of fused-ring (bicyclic) bond motifs is 1. The minimum atomic E-state index is -0.996. The first-order chi connectivity index (χ1) is 24.7. The lowest BCUT2D eigenvalue weighted by molar-refractivity contribution is -0.136. The zero-order chi connectivity index (χ0) is 36.8. The van der Waals surface area contributed by atoms with E-state index in [0.29, 0.717) is 75.6 Å². The van der Waals surface area contributed by atoms with Crippen molar-refractivity contribution in [1.82, 2.24) is 15.5 Å². The molecule has 274 valence electrons. The molecule has 14 heteroatoms. The van der Waals surface area contributed by atoms with E-state index in [4.69, 9.17) is 18.9 Å². The normalized spacial score (nSPS) is 16.5. The number of carbonyl (C=O) groups is 5. The van der Waals surface area contributed by atoms with Gasteiger partial charge in [0.05, 0.1) is 64.0 Å². The number of aryl methyl sites for hydroxylation is 1. The Morgan fingerprint density at radius 3 is 2.27 bits per heavy atom. The van der Waals surface area contributed by atoms with Crippen LogP contribution in [0.4, 0.5) is 0 Å². The maximum Gasteiger partial charge on any atom is 0.263 e. The molecule has 5 amide bonds. The molecule has 2 aromatic carbocycles. The summed E-state index contributed by atoms with van der Waals surface area (Å²) in [4.78, 5) is 68.6. The average molecular weight is 723 g/mol. The van der Waals surface area contributed by atoms with E-state index in [-0.39, 0.29) is 29.9 Å². The summed E-state index contributed by atoms with van der Waals surface area (Å²) in [6.07, 6.45) is 2.19. The van der Waals surface area contributed by atoms with Crippen molar-refractivity contribution in [3.8, 4) is 0 Å². The minimum absolute atomic E-state index is 0.0730. The van der Waals surface area contributed by atoms with Crippen molar-refractivity contribution in [3.63, 3.8) is 0 Å². The molecule has 1 saturated heterocycles. The summed E-state index contributed by atoms with van der Waals surface area (Å²) in [7, 11) is 1.75. The second-order valence-corrected chi connectivity index (χ2v) is 12.9. The fraction of sp³-hybridized carbons (Fsp3) is 0.459. The molecule has 1 fully saturated rings. The van der Waals surface area contributed by atoms with E-state index in [1.165, 1.54) is 11.8 Å². The fourth-order valence-electron chi connectivity index (χ4n) is 5.65. The van der Waals surface area contributed by atoms with Gasteiger partial charge in [0.2, 0.25) is 11.8 Å². The van der Waals surface area contributed by atoms with Gasteiger partial charge in [-0.1, -0.05) is 18.2 Å². The second-order valence-electron chi connectivity index (χ2n) is 11.7. The Bertz CT molecular complexity index is 1660. The number of hydrogen-bond acceptors (Lipinski definition) is 11. The number of carbonyl (C=O) groups excluding carboxylic acids is 5. The summed E-state index contributed by atoms with van der Waals surface area (Å²) in [5.74, 6) is -1.71. The Hall–Kier alpha value is -4.21. The predicted molar refractivity (Wildman–Crippen MR) is 193 cm³/mol. The highest BCUT2D eigenvalue weighted by molar-refractivity contribution is 7.99. The number of imide groups is 2. The van der Waals surface area contributed by atoms with Crippen LogP contribution in [-0.4, -0.2) is 118 Å². The third kappa shape index (κ3) is 10.7. The van der Waals surface area contributed by atoms with Crippen molar-refractivity contribution in [2.24, 2.45) is 4.99 Å². The Morgan fingerprint density at radius 2 is 1.63 bits per heavy atom. The van der Waals surface area contributed by atoms with E-state index in [9.17, 15) is 24.0 Å². The molecule has 1 atom stereocenters. The van der Waals surface area contributed by atoms with E-state index in [2.05, 4.69) is 15.6 Å². The van der Waals surface area contributed by atoms with E-state index in [0.717, 1.165) is 27.3 Å². The van der Waals surface area contributed by atoms with Gasteiger partial charge in [-0.3, -0.25) is 39.2 Å². The Kier molecular flexibility index (Phi) is 15.5. The van der Waals surface area contributed by atoms with E-state index >= 15 is 0 Å². The number of amides is 5. The van der Waals surface area contributed by atoms with Gasteiger partial charge in [-0.2, -0.15) is 0 Å². The maximum atomic E-state index is 13.2. The highest BCUT2D eigenvalue weighted by Crippen LogP contribution is 2.34. The van der Waals surface area contributed by atoms with Gasteiger partial charge in [0, 0.05) is 41.9 Å². The number of rotatable bonds is 20. The molecule has 1 unspecified atom stereocenters. The van der Waals surface area contributed by atoms with Crippen LogP contribution >= 0.6 is 11.8 Å². The second kappa shape index (κ2) is 20.0. The van der Waals surface area contributed by atoms with Gasteiger partial charge in [0.15, 0.2) is 0 Å². The molecule has 0 saturated carbocycles. The number of thioether (sulfide) groups is 1. The molecule has 2 aliphatic heterocycles. The van der Waals surface area contributed by atoms with Crippen molar-refractivity contribution in [2.45, 2.75) is 44.6 Å². The predicted octanol–water partition coefficient (Wildman–Crippen LogP) is 3.48. The first kappa shape index (κ1) is 39.6. The molecule has 0 aromatic heterocycles. The average Bonchev–Trinajstić information content (AvgIpc) is 3.38. The largest absolute Gasteiger partial charge is 0.378 e. The van der Waals surface area contributed by atoms with Crippen LogP contribution < -0.4 is 10.6 Å². The zero-order valence-corrected chi connectivity index (χ0v) is 30.4. The van der Waals surface area contributed by atoms with Crippen molar-refractivity contribution in [1.29, 1.82) is 0 Å². The van der Waals surface area contributed by atoms with Crippen molar-refractivity contribution in [2.75, 3.05) is 72.2 Å². The smallest absolute Gasteiger partial charge is 0.263 e. The number of benzene rings is 2. The molecule has 0 aliphatic carbocycles. The van der Waals surface area contributed by atoms with Crippen LogP contribution in [0.15, 0.2) is 52.4 Å². The summed E-state index contributed by atoms with van der Waals surface area (Å²) >= 11 is 1.39. The van der Waals surface area contributed by atoms with Gasteiger partial charge < -0.3 is 24.3 Å². The molecule has 0 bridgehead atoms. The van der Waals surface area contributed by atoms with Crippen LogP contribution in [0.25, 0.3) is 5.57 Å². The number of nitrogens with one attached hydrogen (secondary N) is 2. The minimum Gasteiger partial charge on any atom is -0.378 e. The van der Waals surface area contributed by atoms with E-state index < -0.39 is 29.7 Å². The van der Waals surface area contributed by atoms with Gasteiger partial charge in [-0.25, -0.2) is 0 Å². The van der Waals surface area contributed by atoms with Crippen molar-refractivity contribution >= 4 is 52.6 Å². The quantitative estimate of drug-likeness (QED) is 0.0896. The number of hydrogen-bond donors (Lipinski definition) is 2. The Morgan fingerprint density at radius 1 is 0.961 bits per heavy atom. The lowest BCUT2D eigenvalue weighted by Crippen LogP contribution is -2.54. The summed E-state index contributed by atoms with van der Waals surface area (Å²) < 4.78 is 22.3. The van der Waals surface area contributed by atoms with Gasteiger partial charge in [0.1, 0.15) is 6.04 Å². The molecular formula is C37H46N4O9S. The summed E-state index contributed by atoms with van der Waals surface area (Å²) in [6.45, 7) is 9.46. The molecule has 2 aliphatic rings. The molecular weight excluding hydrogens is 676 g/mol. The SMILES string of the molecule is C/C=C(\C(C)=NC)c1cc(C(=O)NCCOCCOCCOCCOCCSc2cccc3c2C(=O)N(C2CCC(=O)NC2=O)C3=O)ccc1C. The van der Waals surface area contributed by atoms with E-state index in [1.54, 1.807) is 25.2 Å². The number of nitrogens with zero attached hydrogens (tertiary/aromatic N) is 2. The van der Waals surface area contributed by atoms with Crippen molar-refractivity contribution in [3.05, 3.63) is 70.3 Å².